The molecule has 11 heteroatoms. The number of piperidine rings is 1. The van der Waals surface area contributed by atoms with Crippen LogP contribution >= 0.6 is 0 Å². The van der Waals surface area contributed by atoms with E-state index in [2.05, 4.69) is 20.4 Å². The number of likely N-dealkylation sites (tertiary alicyclic amines) is 1. The van der Waals surface area contributed by atoms with Crippen LogP contribution in [0.1, 0.15) is 36.0 Å². The van der Waals surface area contributed by atoms with Gasteiger partial charge in [0.1, 0.15) is 12.3 Å². The Labute approximate surface area is 191 Å². The molecular weight excluding hydrogens is 428 g/mol. The Morgan fingerprint density at radius 3 is 2.42 bits per heavy atom. The van der Waals surface area contributed by atoms with Crippen molar-refractivity contribution in [1.29, 1.82) is 0 Å². The smallest absolute Gasteiger partial charge is 0.220 e. The third kappa shape index (κ3) is 4.63. The number of furan rings is 1. The van der Waals surface area contributed by atoms with Crippen molar-refractivity contribution in [3.05, 3.63) is 47.7 Å². The molecule has 2 aromatic heterocycles. The average Bonchev–Trinajstić information content (AvgIpc) is 3.51. The zero-order valence-corrected chi connectivity index (χ0v) is 18.9. The number of methoxy groups -OCH3 is 3. The summed E-state index contributed by atoms with van der Waals surface area (Å²) in [5.41, 5.74) is 6.42. The minimum atomic E-state index is -0.322. The summed E-state index contributed by atoms with van der Waals surface area (Å²) in [5, 5.41) is 12.5. The highest BCUT2D eigenvalue weighted by molar-refractivity contribution is 5.76. The lowest BCUT2D eigenvalue weighted by atomic mass is 9.93. The summed E-state index contributed by atoms with van der Waals surface area (Å²) in [6, 6.07) is 7.18. The van der Waals surface area contributed by atoms with Gasteiger partial charge >= 0.3 is 0 Å². The molecule has 0 aliphatic carbocycles. The van der Waals surface area contributed by atoms with Gasteiger partial charge in [-0.05, 0) is 66.2 Å². The van der Waals surface area contributed by atoms with Crippen LogP contribution < -0.4 is 19.9 Å². The van der Waals surface area contributed by atoms with Gasteiger partial charge in [0.25, 0.3) is 0 Å². The van der Waals surface area contributed by atoms with Crippen LogP contribution in [0.25, 0.3) is 0 Å². The second kappa shape index (κ2) is 9.90. The molecule has 0 radical (unpaired) electrons. The SMILES string of the molecule is COc1cc([C@@H](c2nnnn2Cc2ccco2)N2CCC(C(N)=O)CC2)cc(OC)c1OC. The molecule has 1 amide bonds. The van der Waals surface area contributed by atoms with Gasteiger partial charge in [0.05, 0.1) is 33.6 Å². The third-order valence-corrected chi connectivity index (χ3v) is 5.99. The Hall–Kier alpha value is -3.60. The van der Waals surface area contributed by atoms with Gasteiger partial charge in [-0.25, -0.2) is 4.68 Å². The number of amides is 1. The number of rotatable bonds is 9. The number of carbonyl (C=O) groups excluding carboxylic acids is 1. The zero-order valence-electron chi connectivity index (χ0n) is 18.9. The van der Waals surface area contributed by atoms with Crippen LogP contribution in [0.2, 0.25) is 0 Å². The molecule has 1 aliphatic heterocycles. The maximum Gasteiger partial charge on any atom is 0.220 e. The van der Waals surface area contributed by atoms with E-state index in [1.807, 2.05) is 24.3 Å². The quantitative estimate of drug-likeness (QED) is 0.510. The summed E-state index contributed by atoms with van der Waals surface area (Å²) < 4.78 is 23.9. The first kappa shape index (κ1) is 22.6. The molecule has 11 nitrogen and oxygen atoms in total. The van der Waals surface area contributed by atoms with Crippen LogP contribution in [0.4, 0.5) is 0 Å². The summed E-state index contributed by atoms with van der Waals surface area (Å²) in [6.45, 7) is 1.69. The van der Waals surface area contributed by atoms with E-state index in [9.17, 15) is 4.79 Å². The second-order valence-electron chi connectivity index (χ2n) is 7.85. The lowest BCUT2D eigenvalue weighted by molar-refractivity contribution is -0.123. The number of nitrogens with zero attached hydrogens (tertiary/aromatic N) is 5. The molecule has 1 fully saturated rings. The van der Waals surface area contributed by atoms with Gasteiger partial charge in [-0.3, -0.25) is 9.69 Å². The lowest BCUT2D eigenvalue weighted by Gasteiger charge is -2.36. The maximum atomic E-state index is 11.7. The predicted molar refractivity (Wildman–Crippen MR) is 117 cm³/mol. The molecule has 1 aliphatic rings. The van der Waals surface area contributed by atoms with Crippen LogP contribution in [0.5, 0.6) is 17.2 Å². The van der Waals surface area contributed by atoms with Gasteiger partial charge in [-0.15, -0.1) is 5.10 Å². The van der Waals surface area contributed by atoms with Crippen LogP contribution in [0.3, 0.4) is 0 Å². The summed E-state index contributed by atoms with van der Waals surface area (Å²) in [6.07, 6.45) is 2.94. The Morgan fingerprint density at radius 1 is 1.18 bits per heavy atom. The second-order valence-corrected chi connectivity index (χ2v) is 7.85. The molecule has 2 N–H and O–H groups in total. The number of tetrazole rings is 1. The Morgan fingerprint density at radius 2 is 1.88 bits per heavy atom. The Kier molecular flexibility index (Phi) is 6.78. The maximum absolute atomic E-state index is 11.7. The van der Waals surface area contributed by atoms with Crippen molar-refractivity contribution in [3.8, 4) is 17.2 Å². The van der Waals surface area contributed by atoms with E-state index in [0.717, 1.165) is 11.3 Å². The molecule has 1 atom stereocenters. The van der Waals surface area contributed by atoms with Crippen molar-refractivity contribution in [1.82, 2.24) is 25.1 Å². The van der Waals surface area contributed by atoms with Crippen molar-refractivity contribution < 1.29 is 23.4 Å². The van der Waals surface area contributed by atoms with Crippen molar-refractivity contribution in [2.75, 3.05) is 34.4 Å². The van der Waals surface area contributed by atoms with Crippen LogP contribution in [0.15, 0.2) is 34.9 Å². The molecule has 0 unspecified atom stereocenters. The molecule has 3 aromatic rings. The van der Waals surface area contributed by atoms with E-state index >= 15 is 0 Å². The fourth-order valence-corrected chi connectivity index (χ4v) is 4.29. The van der Waals surface area contributed by atoms with Gasteiger partial charge in [-0.2, -0.15) is 0 Å². The molecule has 176 valence electrons. The fraction of sp³-hybridized carbons (Fsp3) is 0.455. The van der Waals surface area contributed by atoms with Crippen molar-refractivity contribution in [2.45, 2.75) is 25.4 Å². The molecule has 0 saturated carbocycles. The van der Waals surface area contributed by atoms with E-state index in [1.165, 1.54) is 0 Å². The summed E-state index contributed by atoms with van der Waals surface area (Å²) in [4.78, 5) is 13.9. The van der Waals surface area contributed by atoms with E-state index in [-0.39, 0.29) is 17.9 Å². The van der Waals surface area contributed by atoms with E-state index in [1.54, 1.807) is 32.3 Å². The largest absolute Gasteiger partial charge is 0.493 e. The number of aromatic nitrogens is 4. The fourth-order valence-electron chi connectivity index (χ4n) is 4.29. The highest BCUT2D eigenvalue weighted by Gasteiger charge is 2.34. The predicted octanol–water partition coefficient (Wildman–Crippen LogP) is 1.63. The molecular formula is C22H28N6O5. The highest BCUT2D eigenvalue weighted by atomic mass is 16.5. The molecule has 1 aromatic carbocycles. The number of ether oxygens (including phenoxy) is 3. The molecule has 33 heavy (non-hydrogen) atoms. The minimum Gasteiger partial charge on any atom is -0.493 e. The summed E-state index contributed by atoms with van der Waals surface area (Å²) in [7, 11) is 4.72. The standard InChI is InChI=1S/C22H28N6O5/c1-30-17-11-15(12-18(31-2)20(17)32-3)19(27-8-6-14(7-9-27)21(23)29)22-24-25-26-28(22)13-16-5-4-10-33-16/h4-5,10-12,14,19H,6-9,13H2,1-3H3,(H2,23,29)/t19-/m0/s1. The van der Waals surface area contributed by atoms with Crippen molar-refractivity contribution >= 4 is 5.91 Å². The molecule has 3 heterocycles. The van der Waals surface area contributed by atoms with Crippen LogP contribution in [-0.4, -0.2) is 65.4 Å². The summed E-state index contributed by atoms with van der Waals surface area (Å²) in [5.74, 6) is 2.55. The first-order valence-electron chi connectivity index (χ1n) is 10.7. The van der Waals surface area contributed by atoms with Gasteiger partial charge in [0.2, 0.25) is 11.7 Å². The Bertz CT molecular complexity index is 1050. The normalized spacial score (nSPS) is 15.8. The van der Waals surface area contributed by atoms with E-state index < -0.39 is 0 Å². The molecule has 4 rings (SSSR count). The number of nitrogens with two attached hydrogens (primary N) is 1. The first-order valence-corrected chi connectivity index (χ1v) is 10.7. The number of carbonyl (C=O) groups is 1. The highest BCUT2D eigenvalue weighted by Crippen LogP contribution is 2.42. The monoisotopic (exact) mass is 456 g/mol. The number of hydrogen-bond acceptors (Lipinski definition) is 9. The van der Waals surface area contributed by atoms with Gasteiger partial charge in [0.15, 0.2) is 17.3 Å². The van der Waals surface area contributed by atoms with Crippen molar-refractivity contribution in [2.24, 2.45) is 11.7 Å². The molecule has 0 bridgehead atoms. The number of primary amides is 1. The Balaban J connectivity index is 1.77. The van der Waals surface area contributed by atoms with Crippen LogP contribution in [-0.2, 0) is 11.3 Å². The lowest BCUT2D eigenvalue weighted by Crippen LogP contribution is -2.41. The van der Waals surface area contributed by atoms with Crippen LogP contribution in [0, 0.1) is 5.92 Å². The zero-order chi connectivity index (χ0) is 23.4. The van der Waals surface area contributed by atoms with Gasteiger partial charge in [0, 0.05) is 5.92 Å². The van der Waals surface area contributed by atoms with E-state index in [4.69, 9.17) is 24.4 Å². The van der Waals surface area contributed by atoms with Gasteiger partial charge in [-0.1, -0.05) is 0 Å². The number of benzene rings is 1. The average molecular weight is 457 g/mol. The first-order chi connectivity index (χ1) is 16.0. The summed E-state index contributed by atoms with van der Waals surface area (Å²) >= 11 is 0. The number of hydrogen-bond donors (Lipinski definition) is 1. The van der Waals surface area contributed by atoms with Crippen molar-refractivity contribution in [3.63, 3.8) is 0 Å². The molecule has 1 saturated heterocycles. The van der Waals surface area contributed by atoms with E-state index in [0.29, 0.717) is 55.5 Å². The van der Waals surface area contributed by atoms with Gasteiger partial charge < -0.3 is 24.4 Å². The minimum absolute atomic E-state index is 0.138. The molecule has 0 spiro atoms. The topological polar surface area (TPSA) is 131 Å². The third-order valence-electron chi connectivity index (χ3n) is 5.99.